The van der Waals surface area contributed by atoms with Crippen molar-refractivity contribution >= 4 is 0 Å². The van der Waals surface area contributed by atoms with Gasteiger partial charge in [0.05, 0.1) is 14.2 Å². The zero-order chi connectivity index (χ0) is 12.5. The molecule has 0 aromatic heterocycles. The minimum absolute atomic E-state index is 0.599. The lowest BCUT2D eigenvalue weighted by Crippen LogP contribution is -2.38. The third-order valence-electron chi connectivity index (χ3n) is 4.29. The van der Waals surface area contributed by atoms with Crippen LogP contribution < -0.4 is 9.47 Å². The number of benzene rings is 1. The highest BCUT2D eigenvalue weighted by atomic mass is 16.5. The number of hydrogen-bond donors (Lipinski definition) is 0. The van der Waals surface area contributed by atoms with Gasteiger partial charge in [0.1, 0.15) is 0 Å². The van der Waals surface area contributed by atoms with Gasteiger partial charge in [0.15, 0.2) is 11.5 Å². The Morgan fingerprint density at radius 1 is 1.06 bits per heavy atom. The minimum Gasteiger partial charge on any atom is -0.493 e. The van der Waals surface area contributed by atoms with Gasteiger partial charge in [0.25, 0.3) is 0 Å². The molecule has 1 atom stereocenters. The first-order valence-corrected chi connectivity index (χ1v) is 6.82. The molecule has 18 heavy (non-hydrogen) atoms. The predicted octanol–water partition coefficient (Wildman–Crippen LogP) is 2.79. The fourth-order valence-corrected chi connectivity index (χ4v) is 3.34. The molecule has 2 aliphatic heterocycles. The maximum atomic E-state index is 5.44. The van der Waals surface area contributed by atoms with Gasteiger partial charge in [0, 0.05) is 12.6 Å². The maximum absolute atomic E-state index is 5.44. The van der Waals surface area contributed by atoms with Gasteiger partial charge in [-0.15, -0.1) is 0 Å². The number of piperidine rings is 1. The van der Waals surface area contributed by atoms with E-state index in [1.54, 1.807) is 14.2 Å². The van der Waals surface area contributed by atoms with Gasteiger partial charge in [-0.25, -0.2) is 0 Å². The van der Waals surface area contributed by atoms with Crippen LogP contribution in [0.2, 0.25) is 0 Å². The lowest BCUT2D eigenvalue weighted by molar-refractivity contribution is 0.138. The summed E-state index contributed by atoms with van der Waals surface area (Å²) in [7, 11) is 3.42. The van der Waals surface area contributed by atoms with Crippen LogP contribution in [0.4, 0.5) is 0 Å². The summed E-state index contributed by atoms with van der Waals surface area (Å²) in [6.45, 7) is 2.44. The molecule has 0 spiro atoms. The third kappa shape index (κ3) is 1.87. The Morgan fingerprint density at radius 2 is 1.83 bits per heavy atom. The van der Waals surface area contributed by atoms with Crippen molar-refractivity contribution in [1.82, 2.24) is 4.90 Å². The average molecular weight is 247 g/mol. The molecule has 0 N–H and O–H groups in total. The summed E-state index contributed by atoms with van der Waals surface area (Å²) in [6, 6.07) is 4.96. The predicted molar refractivity (Wildman–Crippen MR) is 71.4 cm³/mol. The Kier molecular flexibility index (Phi) is 3.16. The lowest BCUT2D eigenvalue weighted by atomic mass is 9.86. The highest BCUT2D eigenvalue weighted by Crippen LogP contribution is 2.41. The van der Waals surface area contributed by atoms with Crippen molar-refractivity contribution in [3.8, 4) is 11.5 Å². The minimum atomic E-state index is 0.599. The van der Waals surface area contributed by atoms with Crippen LogP contribution in [-0.4, -0.2) is 32.2 Å². The van der Waals surface area contributed by atoms with E-state index in [0.717, 1.165) is 17.9 Å². The van der Waals surface area contributed by atoms with Crippen molar-refractivity contribution < 1.29 is 9.47 Å². The Hall–Kier alpha value is -1.22. The summed E-state index contributed by atoms with van der Waals surface area (Å²) in [5.74, 6) is 1.73. The zero-order valence-electron chi connectivity index (χ0n) is 11.2. The van der Waals surface area contributed by atoms with Crippen molar-refractivity contribution in [2.45, 2.75) is 31.7 Å². The number of methoxy groups -OCH3 is 2. The van der Waals surface area contributed by atoms with Crippen molar-refractivity contribution in [1.29, 1.82) is 0 Å². The molecule has 0 amide bonds. The summed E-state index contributed by atoms with van der Waals surface area (Å²) in [5, 5.41) is 0. The first kappa shape index (κ1) is 11.8. The van der Waals surface area contributed by atoms with E-state index < -0.39 is 0 Å². The van der Waals surface area contributed by atoms with E-state index in [1.165, 1.54) is 43.5 Å². The SMILES string of the molecule is COc1cc2c(cc1OC)[C@@H]1CCCCN1CC2. The molecule has 3 nitrogen and oxygen atoms in total. The standard InChI is InChI=1S/C15H21NO2/c1-17-14-9-11-6-8-16-7-4-3-5-13(16)12(11)10-15(14)18-2/h9-10,13H,3-8H2,1-2H3/t13-/m0/s1. The van der Waals surface area contributed by atoms with Gasteiger partial charge < -0.3 is 9.47 Å². The normalized spacial score (nSPS) is 23.1. The number of nitrogens with zero attached hydrogens (tertiary/aromatic N) is 1. The molecule has 0 radical (unpaired) electrons. The summed E-state index contributed by atoms with van der Waals surface area (Å²) in [4.78, 5) is 2.62. The van der Waals surface area contributed by atoms with Crippen molar-refractivity contribution in [2.24, 2.45) is 0 Å². The molecule has 2 aliphatic rings. The Labute approximate surface area is 109 Å². The summed E-state index contributed by atoms with van der Waals surface area (Å²) < 4.78 is 10.8. The molecule has 0 saturated carbocycles. The Morgan fingerprint density at radius 3 is 2.61 bits per heavy atom. The molecule has 0 bridgehead atoms. The molecule has 98 valence electrons. The quantitative estimate of drug-likeness (QED) is 0.802. The van der Waals surface area contributed by atoms with Crippen molar-refractivity contribution in [3.63, 3.8) is 0 Å². The van der Waals surface area contributed by atoms with Crippen LogP contribution in [0.25, 0.3) is 0 Å². The molecule has 2 heterocycles. The molecule has 3 heteroatoms. The fourth-order valence-electron chi connectivity index (χ4n) is 3.34. The molecule has 3 rings (SSSR count). The molecular weight excluding hydrogens is 226 g/mol. The summed E-state index contributed by atoms with van der Waals surface area (Å²) in [5.41, 5.74) is 2.90. The van der Waals surface area contributed by atoms with E-state index in [2.05, 4.69) is 17.0 Å². The number of ether oxygens (including phenoxy) is 2. The molecular formula is C15H21NO2. The van der Waals surface area contributed by atoms with E-state index in [9.17, 15) is 0 Å². The van der Waals surface area contributed by atoms with Crippen LogP contribution in [0, 0.1) is 0 Å². The van der Waals surface area contributed by atoms with Gasteiger partial charge in [-0.1, -0.05) is 6.42 Å². The highest BCUT2D eigenvalue weighted by Gasteiger charge is 2.30. The molecule has 1 aromatic carbocycles. The first-order valence-electron chi connectivity index (χ1n) is 6.82. The van der Waals surface area contributed by atoms with Crippen LogP contribution >= 0.6 is 0 Å². The van der Waals surface area contributed by atoms with Gasteiger partial charge in [0.2, 0.25) is 0 Å². The topological polar surface area (TPSA) is 21.7 Å². The molecule has 1 fully saturated rings. The fraction of sp³-hybridized carbons (Fsp3) is 0.600. The lowest BCUT2D eigenvalue weighted by Gasteiger charge is -2.40. The van der Waals surface area contributed by atoms with E-state index in [-0.39, 0.29) is 0 Å². The summed E-state index contributed by atoms with van der Waals surface area (Å²) >= 11 is 0. The van der Waals surface area contributed by atoms with E-state index in [0.29, 0.717) is 6.04 Å². The van der Waals surface area contributed by atoms with E-state index in [1.807, 2.05) is 0 Å². The van der Waals surface area contributed by atoms with E-state index in [4.69, 9.17) is 9.47 Å². The van der Waals surface area contributed by atoms with Crippen LogP contribution in [0.5, 0.6) is 11.5 Å². The van der Waals surface area contributed by atoms with Crippen molar-refractivity contribution in [3.05, 3.63) is 23.3 Å². The largest absolute Gasteiger partial charge is 0.493 e. The van der Waals surface area contributed by atoms with Crippen LogP contribution in [-0.2, 0) is 6.42 Å². The molecule has 0 aliphatic carbocycles. The summed E-state index contributed by atoms with van der Waals surface area (Å²) in [6.07, 6.45) is 5.10. The van der Waals surface area contributed by atoms with E-state index >= 15 is 0 Å². The smallest absolute Gasteiger partial charge is 0.161 e. The average Bonchev–Trinajstić information content (AvgIpc) is 2.45. The molecule has 1 saturated heterocycles. The first-order chi connectivity index (χ1) is 8.83. The highest BCUT2D eigenvalue weighted by molar-refractivity contribution is 5.49. The Balaban J connectivity index is 2.02. The number of fused-ring (bicyclic) bond motifs is 3. The number of rotatable bonds is 2. The van der Waals surface area contributed by atoms with Gasteiger partial charge in [-0.2, -0.15) is 0 Å². The van der Waals surface area contributed by atoms with Crippen LogP contribution in [0.1, 0.15) is 36.4 Å². The molecule has 1 aromatic rings. The van der Waals surface area contributed by atoms with Gasteiger partial charge in [-0.05, 0) is 49.1 Å². The van der Waals surface area contributed by atoms with Crippen LogP contribution in [0.3, 0.4) is 0 Å². The second-order valence-corrected chi connectivity index (χ2v) is 5.20. The second kappa shape index (κ2) is 4.81. The Bertz CT molecular complexity index is 444. The van der Waals surface area contributed by atoms with Gasteiger partial charge in [-0.3, -0.25) is 4.90 Å². The third-order valence-corrected chi connectivity index (χ3v) is 4.29. The molecule has 0 unspecified atom stereocenters. The van der Waals surface area contributed by atoms with Gasteiger partial charge >= 0.3 is 0 Å². The maximum Gasteiger partial charge on any atom is 0.161 e. The van der Waals surface area contributed by atoms with Crippen molar-refractivity contribution in [2.75, 3.05) is 27.3 Å². The second-order valence-electron chi connectivity index (χ2n) is 5.20. The zero-order valence-corrected chi connectivity index (χ0v) is 11.2. The number of hydrogen-bond acceptors (Lipinski definition) is 3. The van der Waals surface area contributed by atoms with Crippen LogP contribution in [0.15, 0.2) is 12.1 Å². The monoisotopic (exact) mass is 247 g/mol.